The van der Waals surface area contributed by atoms with Crippen LogP contribution in [0.3, 0.4) is 0 Å². The van der Waals surface area contributed by atoms with Gasteiger partial charge in [0, 0.05) is 5.57 Å². The SMILES string of the molecule is CCCCCCCCCCC=C(C)C(=O)O. The van der Waals surface area contributed by atoms with Gasteiger partial charge in [0.15, 0.2) is 0 Å². The fourth-order valence-corrected chi connectivity index (χ4v) is 1.68. The van der Waals surface area contributed by atoms with E-state index in [0.29, 0.717) is 5.57 Å². The van der Waals surface area contributed by atoms with Gasteiger partial charge >= 0.3 is 5.97 Å². The zero-order chi connectivity index (χ0) is 12.2. The first-order chi connectivity index (χ1) is 7.68. The summed E-state index contributed by atoms with van der Waals surface area (Å²) in [7, 11) is 0. The lowest BCUT2D eigenvalue weighted by Crippen LogP contribution is -1.95. The number of allylic oxidation sites excluding steroid dienone is 1. The van der Waals surface area contributed by atoms with Crippen molar-refractivity contribution in [3.63, 3.8) is 0 Å². The maximum absolute atomic E-state index is 10.5. The lowest BCUT2D eigenvalue weighted by molar-refractivity contribution is -0.132. The standard InChI is InChI=1S/C14H26O2/c1-3-4-5-6-7-8-9-10-11-12-13(2)14(15)16/h12H,3-11H2,1-2H3,(H,15,16). The molecule has 0 radical (unpaired) electrons. The Bertz CT molecular complexity index is 207. The van der Waals surface area contributed by atoms with Crippen LogP contribution < -0.4 is 0 Å². The largest absolute Gasteiger partial charge is 0.478 e. The molecule has 0 aliphatic heterocycles. The van der Waals surface area contributed by atoms with Crippen molar-refractivity contribution >= 4 is 5.97 Å². The zero-order valence-corrected chi connectivity index (χ0v) is 10.8. The molecule has 0 unspecified atom stereocenters. The molecule has 0 amide bonds. The van der Waals surface area contributed by atoms with Gasteiger partial charge in [-0.1, -0.05) is 57.9 Å². The Labute approximate surface area is 99.7 Å². The smallest absolute Gasteiger partial charge is 0.330 e. The minimum Gasteiger partial charge on any atom is -0.478 e. The second-order valence-corrected chi connectivity index (χ2v) is 4.46. The molecule has 0 atom stereocenters. The van der Waals surface area contributed by atoms with Crippen LogP contribution in [-0.4, -0.2) is 11.1 Å². The molecule has 0 rings (SSSR count). The third-order valence-electron chi connectivity index (χ3n) is 2.85. The summed E-state index contributed by atoms with van der Waals surface area (Å²) in [6.07, 6.45) is 13.1. The number of unbranched alkanes of at least 4 members (excludes halogenated alkanes) is 8. The molecular formula is C14H26O2. The second-order valence-electron chi connectivity index (χ2n) is 4.46. The fourth-order valence-electron chi connectivity index (χ4n) is 1.68. The average molecular weight is 226 g/mol. The minimum absolute atomic E-state index is 0.475. The van der Waals surface area contributed by atoms with Gasteiger partial charge in [-0.25, -0.2) is 4.79 Å². The van der Waals surface area contributed by atoms with E-state index < -0.39 is 5.97 Å². The lowest BCUT2D eigenvalue weighted by atomic mass is 10.1. The van der Waals surface area contributed by atoms with Gasteiger partial charge in [-0.3, -0.25) is 0 Å². The Kier molecular flexibility index (Phi) is 10.2. The van der Waals surface area contributed by atoms with E-state index in [4.69, 9.17) is 5.11 Å². The van der Waals surface area contributed by atoms with E-state index in [2.05, 4.69) is 6.92 Å². The molecule has 2 heteroatoms. The van der Waals surface area contributed by atoms with Crippen LogP contribution in [0.1, 0.15) is 71.6 Å². The summed E-state index contributed by atoms with van der Waals surface area (Å²) in [4.78, 5) is 10.5. The summed E-state index contributed by atoms with van der Waals surface area (Å²) in [5.41, 5.74) is 0.475. The van der Waals surface area contributed by atoms with E-state index in [1.165, 1.54) is 44.9 Å². The highest BCUT2D eigenvalue weighted by molar-refractivity contribution is 5.85. The number of carboxylic acids is 1. The summed E-state index contributed by atoms with van der Waals surface area (Å²) >= 11 is 0. The van der Waals surface area contributed by atoms with Crippen molar-refractivity contribution in [2.75, 3.05) is 0 Å². The zero-order valence-electron chi connectivity index (χ0n) is 10.8. The van der Waals surface area contributed by atoms with Crippen LogP contribution in [0.4, 0.5) is 0 Å². The Balaban J connectivity index is 3.21. The van der Waals surface area contributed by atoms with Gasteiger partial charge in [-0.2, -0.15) is 0 Å². The molecule has 2 nitrogen and oxygen atoms in total. The number of carboxylic acid groups (broad SMARTS) is 1. The van der Waals surface area contributed by atoms with Crippen molar-refractivity contribution in [3.8, 4) is 0 Å². The van der Waals surface area contributed by atoms with E-state index in [1.807, 2.05) is 6.08 Å². The molecule has 0 saturated heterocycles. The van der Waals surface area contributed by atoms with E-state index >= 15 is 0 Å². The first kappa shape index (κ1) is 15.2. The Morgan fingerprint density at radius 2 is 1.50 bits per heavy atom. The van der Waals surface area contributed by atoms with Crippen LogP contribution in [0.15, 0.2) is 11.6 Å². The summed E-state index contributed by atoms with van der Waals surface area (Å²) in [6.45, 7) is 3.89. The predicted octanol–water partition coefficient (Wildman–Crippen LogP) is 4.55. The maximum atomic E-state index is 10.5. The van der Waals surface area contributed by atoms with E-state index in [1.54, 1.807) is 6.92 Å². The van der Waals surface area contributed by atoms with Crippen LogP contribution in [0.5, 0.6) is 0 Å². The topological polar surface area (TPSA) is 37.3 Å². The van der Waals surface area contributed by atoms with Crippen molar-refractivity contribution in [1.82, 2.24) is 0 Å². The van der Waals surface area contributed by atoms with Crippen LogP contribution >= 0.6 is 0 Å². The Morgan fingerprint density at radius 3 is 2.00 bits per heavy atom. The molecule has 0 bridgehead atoms. The van der Waals surface area contributed by atoms with Crippen LogP contribution in [-0.2, 0) is 4.79 Å². The summed E-state index contributed by atoms with van der Waals surface area (Å²) in [5, 5.41) is 8.64. The van der Waals surface area contributed by atoms with Gasteiger partial charge in [0.05, 0.1) is 0 Å². The maximum Gasteiger partial charge on any atom is 0.330 e. The molecule has 0 heterocycles. The minimum atomic E-state index is -0.792. The van der Waals surface area contributed by atoms with Crippen molar-refractivity contribution < 1.29 is 9.90 Å². The predicted molar refractivity (Wildman–Crippen MR) is 68.6 cm³/mol. The van der Waals surface area contributed by atoms with E-state index in [9.17, 15) is 4.79 Å². The monoisotopic (exact) mass is 226 g/mol. The highest BCUT2D eigenvalue weighted by atomic mass is 16.4. The van der Waals surface area contributed by atoms with Crippen LogP contribution in [0.25, 0.3) is 0 Å². The average Bonchev–Trinajstić information content (AvgIpc) is 2.26. The normalized spacial score (nSPS) is 11.8. The van der Waals surface area contributed by atoms with Gasteiger partial charge in [0.25, 0.3) is 0 Å². The molecule has 0 aliphatic rings. The van der Waals surface area contributed by atoms with Crippen molar-refractivity contribution in [1.29, 1.82) is 0 Å². The molecule has 0 aromatic rings. The molecule has 0 aliphatic carbocycles. The number of rotatable bonds is 10. The summed E-state index contributed by atoms with van der Waals surface area (Å²) < 4.78 is 0. The van der Waals surface area contributed by atoms with Gasteiger partial charge in [-0.05, 0) is 19.8 Å². The van der Waals surface area contributed by atoms with Crippen molar-refractivity contribution in [3.05, 3.63) is 11.6 Å². The first-order valence-electron chi connectivity index (χ1n) is 6.58. The lowest BCUT2D eigenvalue weighted by Gasteiger charge is -2.00. The number of hydrogen-bond donors (Lipinski definition) is 1. The van der Waals surface area contributed by atoms with E-state index in [0.717, 1.165) is 12.8 Å². The van der Waals surface area contributed by atoms with Crippen LogP contribution in [0, 0.1) is 0 Å². The number of hydrogen-bond acceptors (Lipinski definition) is 1. The molecule has 16 heavy (non-hydrogen) atoms. The van der Waals surface area contributed by atoms with E-state index in [-0.39, 0.29) is 0 Å². The molecule has 0 saturated carbocycles. The summed E-state index contributed by atoms with van der Waals surface area (Å²) in [5.74, 6) is -0.792. The fraction of sp³-hybridized carbons (Fsp3) is 0.786. The first-order valence-corrected chi connectivity index (χ1v) is 6.58. The molecule has 0 aromatic carbocycles. The third kappa shape index (κ3) is 9.75. The Morgan fingerprint density at radius 1 is 1.00 bits per heavy atom. The van der Waals surface area contributed by atoms with Crippen molar-refractivity contribution in [2.45, 2.75) is 71.6 Å². The molecular weight excluding hydrogens is 200 g/mol. The highest BCUT2D eigenvalue weighted by Gasteiger charge is 1.97. The van der Waals surface area contributed by atoms with Gasteiger partial charge in [0.1, 0.15) is 0 Å². The molecule has 0 aromatic heterocycles. The third-order valence-corrected chi connectivity index (χ3v) is 2.85. The Hall–Kier alpha value is -0.790. The molecule has 0 spiro atoms. The molecule has 94 valence electrons. The summed E-state index contributed by atoms with van der Waals surface area (Å²) in [6, 6.07) is 0. The number of aliphatic carboxylic acids is 1. The second kappa shape index (κ2) is 10.7. The van der Waals surface area contributed by atoms with Gasteiger partial charge < -0.3 is 5.11 Å². The number of carbonyl (C=O) groups is 1. The van der Waals surface area contributed by atoms with Gasteiger partial charge in [0.2, 0.25) is 0 Å². The molecule has 1 N–H and O–H groups in total. The van der Waals surface area contributed by atoms with Gasteiger partial charge in [-0.15, -0.1) is 0 Å². The molecule has 0 fully saturated rings. The van der Waals surface area contributed by atoms with Crippen LogP contribution in [0.2, 0.25) is 0 Å². The highest BCUT2D eigenvalue weighted by Crippen LogP contribution is 2.10. The van der Waals surface area contributed by atoms with Crippen molar-refractivity contribution in [2.24, 2.45) is 0 Å². The quantitative estimate of drug-likeness (QED) is 0.438.